The third-order valence-corrected chi connectivity index (χ3v) is 3.75. The van der Waals surface area contributed by atoms with Crippen LogP contribution in [0.2, 0.25) is 0 Å². The Balaban J connectivity index is 3.20. The van der Waals surface area contributed by atoms with Gasteiger partial charge >= 0.3 is 0 Å². The second-order valence-corrected chi connectivity index (χ2v) is 4.65. The highest BCUT2D eigenvalue weighted by atomic mass is 16.7. The van der Waals surface area contributed by atoms with Crippen LogP contribution < -0.4 is 0 Å². The van der Waals surface area contributed by atoms with Crippen molar-refractivity contribution in [2.24, 2.45) is 0 Å². The minimum Gasteiger partial charge on any atom is -0.394 e. The predicted molar refractivity (Wildman–Crippen MR) is 54.6 cm³/mol. The second kappa shape index (κ2) is 3.90. The molecule has 0 amide bonds. The first-order chi connectivity index (χ1) is 7.14. The maximum Gasteiger partial charge on any atom is 0.195 e. The number of aliphatic hydroxyl groups is 4. The minimum absolute atomic E-state index is 0.507. The van der Waals surface area contributed by atoms with Crippen LogP contribution in [0.5, 0.6) is 0 Å². The summed E-state index contributed by atoms with van der Waals surface area (Å²) in [5.74, 6) is -1.82. The van der Waals surface area contributed by atoms with Gasteiger partial charge in [-0.3, -0.25) is 0 Å². The molecule has 16 heavy (non-hydrogen) atoms. The van der Waals surface area contributed by atoms with E-state index >= 15 is 0 Å². The molecule has 0 aromatic carbocycles. The Kier molecular flexibility index (Phi) is 3.37. The van der Waals surface area contributed by atoms with E-state index in [1.54, 1.807) is 0 Å². The predicted octanol–water partition coefficient (Wildman–Crippen LogP) is -1.40. The van der Waals surface area contributed by atoms with Crippen LogP contribution in [0.15, 0.2) is 0 Å². The number of hydrogen-bond donors (Lipinski definition) is 4. The number of methoxy groups -OCH3 is 1. The largest absolute Gasteiger partial charge is 0.394 e. The van der Waals surface area contributed by atoms with Gasteiger partial charge in [0.2, 0.25) is 0 Å². The van der Waals surface area contributed by atoms with Crippen LogP contribution in [0, 0.1) is 0 Å². The molecule has 96 valence electrons. The molecule has 0 radical (unpaired) electrons. The molecule has 1 fully saturated rings. The van der Waals surface area contributed by atoms with E-state index in [1.807, 2.05) is 0 Å². The number of rotatable bonds is 2. The van der Waals surface area contributed by atoms with Gasteiger partial charge in [0.05, 0.1) is 6.61 Å². The molecule has 1 saturated heterocycles. The summed E-state index contributed by atoms with van der Waals surface area (Å²) in [6.45, 7) is 3.58. The Labute approximate surface area is 94.4 Å². The molecule has 0 aliphatic carbocycles. The van der Waals surface area contributed by atoms with Crippen molar-refractivity contribution in [1.29, 1.82) is 0 Å². The Hall–Kier alpha value is -0.240. The third-order valence-electron chi connectivity index (χ3n) is 3.75. The molecule has 1 heterocycles. The Morgan fingerprint density at radius 3 is 2.12 bits per heavy atom. The fourth-order valence-corrected chi connectivity index (χ4v) is 2.12. The molecule has 0 saturated carbocycles. The smallest absolute Gasteiger partial charge is 0.195 e. The van der Waals surface area contributed by atoms with Gasteiger partial charge in [-0.1, -0.05) is 0 Å². The molecule has 1 aliphatic heterocycles. The lowest BCUT2D eigenvalue weighted by Gasteiger charge is -2.57. The van der Waals surface area contributed by atoms with E-state index in [0.29, 0.717) is 0 Å². The quantitative estimate of drug-likeness (QED) is 0.471. The van der Waals surface area contributed by atoms with Crippen LogP contribution >= 0.6 is 0 Å². The van der Waals surface area contributed by atoms with Crippen molar-refractivity contribution in [3.05, 3.63) is 0 Å². The van der Waals surface area contributed by atoms with E-state index in [-0.39, 0.29) is 0 Å². The zero-order chi connectivity index (χ0) is 12.8. The van der Waals surface area contributed by atoms with Gasteiger partial charge in [-0.15, -0.1) is 0 Å². The summed E-state index contributed by atoms with van der Waals surface area (Å²) in [7, 11) is 1.30. The monoisotopic (exact) mass is 236 g/mol. The summed E-state index contributed by atoms with van der Waals surface area (Å²) >= 11 is 0. The fourth-order valence-electron chi connectivity index (χ4n) is 2.12. The fraction of sp³-hybridized carbons (Fsp3) is 1.00. The van der Waals surface area contributed by atoms with Gasteiger partial charge < -0.3 is 29.9 Å². The van der Waals surface area contributed by atoms with Crippen LogP contribution in [0.1, 0.15) is 20.8 Å². The lowest BCUT2D eigenvalue weighted by atomic mass is 9.72. The van der Waals surface area contributed by atoms with E-state index in [1.165, 1.54) is 27.9 Å². The molecule has 0 aromatic rings. The maximum atomic E-state index is 10.3. The highest BCUT2D eigenvalue weighted by molar-refractivity contribution is 5.12. The molecule has 1 aliphatic rings. The van der Waals surface area contributed by atoms with Crippen molar-refractivity contribution in [3.63, 3.8) is 0 Å². The zero-order valence-corrected chi connectivity index (χ0v) is 9.97. The molecule has 0 spiro atoms. The first kappa shape index (κ1) is 13.8. The van der Waals surface area contributed by atoms with E-state index in [0.717, 1.165) is 0 Å². The molecular formula is C10H20O6. The minimum atomic E-state index is -1.82. The Bertz CT molecular complexity index is 264. The van der Waals surface area contributed by atoms with E-state index in [9.17, 15) is 15.3 Å². The average molecular weight is 236 g/mol. The number of hydrogen-bond acceptors (Lipinski definition) is 6. The first-order valence-corrected chi connectivity index (χ1v) is 5.10. The van der Waals surface area contributed by atoms with Crippen LogP contribution in [0.25, 0.3) is 0 Å². The molecule has 5 atom stereocenters. The first-order valence-electron chi connectivity index (χ1n) is 5.10. The Morgan fingerprint density at radius 2 is 1.75 bits per heavy atom. The van der Waals surface area contributed by atoms with Crippen molar-refractivity contribution in [2.75, 3.05) is 13.7 Å². The highest BCUT2D eigenvalue weighted by Gasteiger charge is 2.66. The topological polar surface area (TPSA) is 99.4 Å². The summed E-state index contributed by atoms with van der Waals surface area (Å²) in [6, 6.07) is 0. The van der Waals surface area contributed by atoms with Crippen molar-refractivity contribution in [3.8, 4) is 0 Å². The summed E-state index contributed by atoms with van der Waals surface area (Å²) in [5.41, 5.74) is -3.26. The van der Waals surface area contributed by atoms with Crippen LogP contribution in [0.4, 0.5) is 0 Å². The van der Waals surface area contributed by atoms with E-state index in [2.05, 4.69) is 0 Å². The third kappa shape index (κ3) is 1.57. The average Bonchev–Trinajstić information content (AvgIpc) is 2.21. The molecule has 0 aromatic heterocycles. The molecule has 4 N–H and O–H groups in total. The van der Waals surface area contributed by atoms with Gasteiger partial charge in [-0.05, 0) is 20.8 Å². The number of ether oxygens (including phenoxy) is 2. The van der Waals surface area contributed by atoms with Crippen molar-refractivity contribution in [2.45, 2.75) is 50.0 Å². The molecular weight excluding hydrogens is 216 g/mol. The van der Waals surface area contributed by atoms with Crippen LogP contribution in [0.3, 0.4) is 0 Å². The summed E-state index contributed by atoms with van der Waals surface area (Å²) < 4.78 is 10.3. The lowest BCUT2D eigenvalue weighted by Crippen LogP contribution is -2.77. The lowest BCUT2D eigenvalue weighted by molar-refractivity contribution is -0.406. The normalized spacial score (nSPS) is 54.0. The van der Waals surface area contributed by atoms with Crippen molar-refractivity contribution < 1.29 is 29.9 Å². The van der Waals surface area contributed by atoms with E-state index in [4.69, 9.17) is 14.6 Å². The standard InChI is InChI=1S/C10H20O6/c1-8(13)7(12)6(5-11)16-10(3,14)9(8,2)15-4/h6-7,11-14H,5H2,1-4H3/t6-,7-,8+,9+,10?/m1/s1. The Morgan fingerprint density at radius 1 is 1.25 bits per heavy atom. The van der Waals surface area contributed by atoms with Crippen molar-refractivity contribution >= 4 is 0 Å². The van der Waals surface area contributed by atoms with Crippen LogP contribution in [-0.4, -0.2) is 63.3 Å². The van der Waals surface area contributed by atoms with Gasteiger partial charge in [0, 0.05) is 7.11 Å². The van der Waals surface area contributed by atoms with Gasteiger partial charge in [-0.2, -0.15) is 0 Å². The summed E-state index contributed by atoms with van der Waals surface area (Å²) in [6.07, 6.45) is -2.42. The molecule has 6 nitrogen and oxygen atoms in total. The van der Waals surface area contributed by atoms with Gasteiger partial charge in [-0.25, -0.2) is 0 Å². The van der Waals surface area contributed by atoms with Gasteiger partial charge in [0.15, 0.2) is 5.79 Å². The van der Waals surface area contributed by atoms with Gasteiger partial charge in [0.25, 0.3) is 0 Å². The van der Waals surface area contributed by atoms with E-state index < -0.39 is 35.8 Å². The maximum absolute atomic E-state index is 10.3. The van der Waals surface area contributed by atoms with Gasteiger partial charge in [0.1, 0.15) is 23.4 Å². The summed E-state index contributed by atoms with van der Waals surface area (Å²) in [4.78, 5) is 0. The van der Waals surface area contributed by atoms with Crippen LogP contribution in [-0.2, 0) is 9.47 Å². The van der Waals surface area contributed by atoms with Crippen molar-refractivity contribution in [1.82, 2.24) is 0 Å². The molecule has 1 rings (SSSR count). The second-order valence-electron chi connectivity index (χ2n) is 4.65. The summed E-state index contributed by atoms with van der Waals surface area (Å²) in [5, 5.41) is 39.3. The molecule has 6 heteroatoms. The zero-order valence-electron chi connectivity index (χ0n) is 9.97. The highest BCUT2D eigenvalue weighted by Crippen LogP contribution is 2.44. The molecule has 1 unspecified atom stereocenters. The molecule has 0 bridgehead atoms. The number of aliphatic hydroxyl groups excluding tert-OH is 2. The SMILES string of the molecule is CO[C@]1(C)C(C)(O)O[C@H](CO)[C@@H](O)[C@]1(C)O.